The van der Waals surface area contributed by atoms with Crippen molar-refractivity contribution in [2.75, 3.05) is 12.8 Å². The van der Waals surface area contributed by atoms with Gasteiger partial charge < -0.3 is 5.32 Å². The molecule has 0 aromatic heterocycles. The first-order valence-corrected chi connectivity index (χ1v) is 9.61. The number of aryl methyl sites for hydroxylation is 2. The molecule has 1 unspecified atom stereocenters. The first-order valence-electron chi connectivity index (χ1n) is 7.90. The normalized spacial score (nSPS) is 18.6. The van der Waals surface area contributed by atoms with Gasteiger partial charge in [0.15, 0.2) is 9.84 Å². The third-order valence-corrected chi connectivity index (χ3v) is 6.90. The maximum atomic E-state index is 12.7. The lowest BCUT2D eigenvalue weighted by molar-refractivity contribution is 0.479. The van der Waals surface area contributed by atoms with Crippen LogP contribution in [-0.2, 0) is 9.84 Å². The van der Waals surface area contributed by atoms with Gasteiger partial charge in [0.25, 0.3) is 0 Å². The molecule has 0 saturated heterocycles. The molecule has 1 aliphatic rings. The van der Waals surface area contributed by atoms with E-state index in [1.54, 1.807) is 0 Å². The van der Waals surface area contributed by atoms with Crippen LogP contribution in [0.15, 0.2) is 18.2 Å². The average Bonchev–Trinajstić information content (AvgIpc) is 2.48. The molecule has 21 heavy (non-hydrogen) atoms. The fraction of sp³-hybridized carbons (Fsp3) is 0.647. The van der Waals surface area contributed by atoms with Crippen molar-refractivity contribution in [3.63, 3.8) is 0 Å². The molecule has 0 radical (unpaired) electrons. The Hall–Kier alpha value is -0.870. The molecule has 1 atom stereocenters. The van der Waals surface area contributed by atoms with Crippen molar-refractivity contribution in [1.82, 2.24) is 5.32 Å². The molecule has 1 aliphatic carbocycles. The van der Waals surface area contributed by atoms with Gasteiger partial charge in [-0.25, -0.2) is 8.42 Å². The summed E-state index contributed by atoms with van der Waals surface area (Å²) in [7, 11) is -1.18. The predicted molar refractivity (Wildman–Crippen MR) is 88.4 cm³/mol. The number of nitrogens with one attached hydrogen (secondary N) is 1. The molecular weight excluding hydrogens is 282 g/mol. The zero-order valence-electron chi connectivity index (χ0n) is 13.4. The van der Waals surface area contributed by atoms with Crippen LogP contribution in [0.2, 0.25) is 0 Å². The fourth-order valence-corrected chi connectivity index (χ4v) is 5.39. The molecule has 0 heterocycles. The summed E-state index contributed by atoms with van der Waals surface area (Å²) in [6.45, 7) is 4.09. The number of rotatable bonds is 5. The maximum Gasteiger partial charge on any atom is 0.155 e. The Kier molecular flexibility index (Phi) is 5.44. The largest absolute Gasteiger partial charge is 0.312 e. The fourth-order valence-electron chi connectivity index (χ4n) is 3.26. The minimum Gasteiger partial charge on any atom is -0.312 e. The van der Waals surface area contributed by atoms with Crippen LogP contribution in [0.5, 0.6) is 0 Å². The van der Waals surface area contributed by atoms with E-state index in [4.69, 9.17) is 0 Å². The zero-order chi connectivity index (χ0) is 15.5. The summed E-state index contributed by atoms with van der Waals surface area (Å²) >= 11 is 0. The molecule has 4 heteroatoms. The van der Waals surface area contributed by atoms with E-state index in [0.717, 1.165) is 36.8 Å². The average molecular weight is 309 g/mol. The molecule has 1 aromatic carbocycles. The van der Waals surface area contributed by atoms with Gasteiger partial charge in [0.1, 0.15) is 0 Å². The summed E-state index contributed by atoms with van der Waals surface area (Å²) in [6, 6.07) is 6.13. The van der Waals surface area contributed by atoms with Crippen molar-refractivity contribution in [3.05, 3.63) is 34.9 Å². The zero-order valence-corrected chi connectivity index (χ0v) is 14.2. The lowest BCUT2D eigenvalue weighted by Crippen LogP contribution is -2.33. The third kappa shape index (κ3) is 4.07. The van der Waals surface area contributed by atoms with E-state index < -0.39 is 9.84 Å². The van der Waals surface area contributed by atoms with E-state index >= 15 is 0 Å². The van der Waals surface area contributed by atoms with Crippen LogP contribution in [-0.4, -0.2) is 26.5 Å². The van der Waals surface area contributed by atoms with E-state index in [2.05, 4.69) is 23.5 Å². The van der Waals surface area contributed by atoms with Crippen molar-refractivity contribution >= 4 is 9.84 Å². The van der Waals surface area contributed by atoms with E-state index in [0.29, 0.717) is 0 Å². The maximum absolute atomic E-state index is 12.7. The Labute approximate surface area is 129 Å². The summed E-state index contributed by atoms with van der Waals surface area (Å²) in [4.78, 5) is 0. The molecule has 118 valence electrons. The Morgan fingerprint density at radius 2 is 1.86 bits per heavy atom. The molecule has 1 aromatic rings. The Morgan fingerprint density at radius 3 is 2.48 bits per heavy atom. The highest BCUT2D eigenvalue weighted by Crippen LogP contribution is 2.28. The van der Waals surface area contributed by atoms with Crippen molar-refractivity contribution in [2.45, 2.75) is 57.2 Å². The van der Waals surface area contributed by atoms with Crippen LogP contribution in [0, 0.1) is 13.8 Å². The van der Waals surface area contributed by atoms with Crippen molar-refractivity contribution in [1.29, 1.82) is 0 Å². The minimum atomic E-state index is -3.03. The van der Waals surface area contributed by atoms with Gasteiger partial charge in [-0.1, -0.05) is 43.0 Å². The first-order chi connectivity index (χ1) is 9.94. The van der Waals surface area contributed by atoms with E-state index in [1.165, 1.54) is 12.0 Å². The van der Waals surface area contributed by atoms with Crippen LogP contribution in [0.3, 0.4) is 0 Å². The summed E-state index contributed by atoms with van der Waals surface area (Å²) in [5, 5.41) is 3.07. The summed E-state index contributed by atoms with van der Waals surface area (Å²) in [6.07, 6.45) is 4.96. The molecule has 0 aliphatic heterocycles. The predicted octanol–water partition coefficient (Wildman–Crippen LogP) is 3.31. The molecule has 3 nitrogen and oxygen atoms in total. The Bertz CT molecular complexity index is 574. The van der Waals surface area contributed by atoms with E-state index in [9.17, 15) is 8.42 Å². The molecular formula is C17H27NO2S. The van der Waals surface area contributed by atoms with Gasteiger partial charge in [-0.05, 0) is 44.9 Å². The first kappa shape index (κ1) is 16.5. The monoisotopic (exact) mass is 309 g/mol. The van der Waals surface area contributed by atoms with Gasteiger partial charge in [-0.2, -0.15) is 0 Å². The van der Waals surface area contributed by atoms with Gasteiger partial charge in [-0.3, -0.25) is 0 Å². The van der Waals surface area contributed by atoms with Crippen LogP contribution < -0.4 is 5.32 Å². The quantitative estimate of drug-likeness (QED) is 0.907. The lowest BCUT2D eigenvalue weighted by Gasteiger charge is -2.25. The summed E-state index contributed by atoms with van der Waals surface area (Å²) < 4.78 is 25.4. The second-order valence-electron chi connectivity index (χ2n) is 6.29. The number of sulfone groups is 1. The van der Waals surface area contributed by atoms with Gasteiger partial charge in [0, 0.05) is 6.04 Å². The lowest BCUT2D eigenvalue weighted by atomic mass is 10.00. The van der Waals surface area contributed by atoms with Crippen LogP contribution >= 0.6 is 0 Å². The smallest absolute Gasteiger partial charge is 0.155 e. The summed E-state index contributed by atoms with van der Waals surface area (Å²) in [5.41, 5.74) is 3.43. The van der Waals surface area contributed by atoms with Gasteiger partial charge in [0.2, 0.25) is 0 Å². The van der Waals surface area contributed by atoms with Gasteiger partial charge in [-0.15, -0.1) is 0 Å². The van der Waals surface area contributed by atoms with E-state index in [-0.39, 0.29) is 17.0 Å². The molecule has 1 saturated carbocycles. The molecule has 0 spiro atoms. The second kappa shape index (κ2) is 6.93. The Balaban J connectivity index is 2.20. The molecule has 1 fully saturated rings. The Morgan fingerprint density at radius 1 is 1.19 bits per heavy atom. The minimum absolute atomic E-state index is 0.114. The third-order valence-electron chi connectivity index (χ3n) is 4.62. The number of hydrogen-bond acceptors (Lipinski definition) is 3. The highest BCUT2D eigenvalue weighted by molar-refractivity contribution is 7.92. The number of hydrogen-bond donors (Lipinski definition) is 1. The highest BCUT2D eigenvalue weighted by Gasteiger charge is 2.30. The molecule has 0 bridgehead atoms. The van der Waals surface area contributed by atoms with Crippen LogP contribution in [0.25, 0.3) is 0 Å². The van der Waals surface area contributed by atoms with Crippen molar-refractivity contribution < 1.29 is 8.42 Å². The summed E-state index contributed by atoms with van der Waals surface area (Å²) in [5.74, 6) is 0.207. The highest BCUT2D eigenvalue weighted by atomic mass is 32.2. The molecule has 1 N–H and O–H groups in total. The van der Waals surface area contributed by atoms with Crippen molar-refractivity contribution in [2.24, 2.45) is 0 Å². The van der Waals surface area contributed by atoms with Gasteiger partial charge in [0.05, 0.1) is 11.0 Å². The van der Waals surface area contributed by atoms with Crippen LogP contribution in [0.4, 0.5) is 0 Å². The molecule has 2 rings (SSSR count). The SMILES string of the molecule is CNC(CS(=O)(=O)C1CCCCC1)c1cc(C)ccc1C. The number of benzene rings is 1. The van der Waals surface area contributed by atoms with Crippen LogP contribution in [0.1, 0.15) is 54.8 Å². The molecule has 0 amide bonds. The standard InChI is InChI=1S/C17H27NO2S/c1-13-9-10-14(2)16(11-13)17(18-3)12-21(19,20)15-7-5-4-6-8-15/h9-11,15,17-18H,4-8,12H2,1-3H3. The second-order valence-corrected chi connectivity index (χ2v) is 8.62. The topological polar surface area (TPSA) is 46.2 Å². The van der Waals surface area contributed by atoms with Crippen molar-refractivity contribution in [3.8, 4) is 0 Å². The van der Waals surface area contributed by atoms with E-state index in [1.807, 2.05) is 20.9 Å². The van der Waals surface area contributed by atoms with Gasteiger partial charge >= 0.3 is 0 Å².